The number of nitrogens with zero attached hydrogens (tertiary/aromatic N) is 2. The summed E-state index contributed by atoms with van der Waals surface area (Å²) in [6.07, 6.45) is 0. The van der Waals surface area contributed by atoms with Gasteiger partial charge in [-0.05, 0) is 44.5 Å². The Morgan fingerprint density at radius 2 is 1.67 bits per heavy atom. The summed E-state index contributed by atoms with van der Waals surface area (Å²) in [5, 5.41) is 2.83. The molecule has 0 bridgehead atoms. The van der Waals surface area contributed by atoms with Crippen LogP contribution in [0.4, 0.5) is 5.69 Å². The minimum atomic E-state index is -0.539. The molecule has 0 radical (unpaired) electrons. The number of para-hydroxylation sites is 1. The third-order valence-corrected chi connectivity index (χ3v) is 5.05. The number of anilines is 1. The maximum Gasteiger partial charge on any atom is 0.251 e. The molecule has 2 aromatic rings. The Morgan fingerprint density at radius 3 is 2.33 bits per heavy atom. The number of benzene rings is 2. The fourth-order valence-corrected chi connectivity index (χ4v) is 3.49. The zero-order valence-corrected chi connectivity index (χ0v) is 16.2. The SMILES string of the molecule is Cc1cccc(C(=O)NC(C)C(=O)N2CCN(c3ccccc3C)CC2)c1. The van der Waals surface area contributed by atoms with E-state index in [9.17, 15) is 9.59 Å². The van der Waals surface area contributed by atoms with Crippen LogP contribution in [0.3, 0.4) is 0 Å². The predicted molar refractivity (Wildman–Crippen MR) is 108 cm³/mol. The molecule has 0 aliphatic carbocycles. The van der Waals surface area contributed by atoms with E-state index in [1.165, 1.54) is 11.3 Å². The van der Waals surface area contributed by atoms with Gasteiger partial charge in [0.05, 0.1) is 0 Å². The number of amides is 2. The first-order chi connectivity index (χ1) is 13.0. The molecule has 1 aliphatic heterocycles. The third-order valence-electron chi connectivity index (χ3n) is 5.05. The summed E-state index contributed by atoms with van der Waals surface area (Å²) in [4.78, 5) is 29.3. The number of nitrogens with one attached hydrogen (secondary N) is 1. The molecule has 0 saturated carbocycles. The van der Waals surface area contributed by atoms with Crippen LogP contribution in [0.1, 0.15) is 28.4 Å². The lowest BCUT2D eigenvalue weighted by Gasteiger charge is -2.37. The Hall–Kier alpha value is -2.82. The Bertz CT molecular complexity index is 826. The summed E-state index contributed by atoms with van der Waals surface area (Å²) in [7, 11) is 0. The molecule has 5 heteroatoms. The zero-order valence-electron chi connectivity index (χ0n) is 16.2. The van der Waals surface area contributed by atoms with Gasteiger partial charge in [0.2, 0.25) is 5.91 Å². The van der Waals surface area contributed by atoms with Crippen molar-refractivity contribution >= 4 is 17.5 Å². The van der Waals surface area contributed by atoms with E-state index in [1.54, 1.807) is 13.0 Å². The van der Waals surface area contributed by atoms with Crippen molar-refractivity contribution in [1.82, 2.24) is 10.2 Å². The van der Waals surface area contributed by atoms with Crippen LogP contribution in [-0.2, 0) is 4.79 Å². The molecule has 1 N–H and O–H groups in total. The fraction of sp³-hybridized carbons (Fsp3) is 0.364. The second kappa shape index (κ2) is 8.25. The van der Waals surface area contributed by atoms with E-state index >= 15 is 0 Å². The lowest BCUT2D eigenvalue weighted by atomic mass is 10.1. The first kappa shape index (κ1) is 19.0. The molecule has 2 amide bonds. The molecule has 2 aromatic carbocycles. The van der Waals surface area contributed by atoms with E-state index in [1.807, 2.05) is 42.2 Å². The quantitative estimate of drug-likeness (QED) is 0.906. The van der Waals surface area contributed by atoms with Gasteiger partial charge >= 0.3 is 0 Å². The number of rotatable bonds is 4. The molecular formula is C22H27N3O2. The van der Waals surface area contributed by atoms with Crippen molar-refractivity contribution in [2.45, 2.75) is 26.8 Å². The largest absolute Gasteiger partial charge is 0.368 e. The topological polar surface area (TPSA) is 52.7 Å². The van der Waals surface area contributed by atoms with Gasteiger partial charge in [-0.25, -0.2) is 0 Å². The zero-order chi connectivity index (χ0) is 19.4. The van der Waals surface area contributed by atoms with Gasteiger partial charge in [-0.15, -0.1) is 0 Å². The molecule has 1 unspecified atom stereocenters. The van der Waals surface area contributed by atoms with Gasteiger partial charge in [0.1, 0.15) is 6.04 Å². The van der Waals surface area contributed by atoms with E-state index in [2.05, 4.69) is 29.3 Å². The highest BCUT2D eigenvalue weighted by Crippen LogP contribution is 2.21. The van der Waals surface area contributed by atoms with Crippen LogP contribution in [0.2, 0.25) is 0 Å². The number of hydrogen-bond acceptors (Lipinski definition) is 3. The lowest BCUT2D eigenvalue weighted by Crippen LogP contribution is -2.54. The van der Waals surface area contributed by atoms with E-state index in [-0.39, 0.29) is 11.8 Å². The normalized spacial score (nSPS) is 15.4. The molecule has 1 heterocycles. The van der Waals surface area contributed by atoms with Crippen LogP contribution < -0.4 is 10.2 Å². The maximum atomic E-state index is 12.7. The fourth-order valence-electron chi connectivity index (χ4n) is 3.49. The van der Waals surface area contributed by atoms with Crippen LogP contribution in [-0.4, -0.2) is 48.9 Å². The van der Waals surface area contributed by atoms with Crippen molar-refractivity contribution in [3.63, 3.8) is 0 Å². The van der Waals surface area contributed by atoms with Gasteiger partial charge in [0, 0.05) is 37.4 Å². The Labute approximate surface area is 161 Å². The van der Waals surface area contributed by atoms with Crippen LogP contribution in [0.5, 0.6) is 0 Å². The lowest BCUT2D eigenvalue weighted by molar-refractivity contribution is -0.133. The molecule has 0 spiro atoms. The summed E-state index contributed by atoms with van der Waals surface area (Å²) in [6, 6.07) is 15.2. The van der Waals surface area contributed by atoms with Crippen molar-refractivity contribution in [1.29, 1.82) is 0 Å². The minimum Gasteiger partial charge on any atom is -0.368 e. The first-order valence-electron chi connectivity index (χ1n) is 9.42. The van der Waals surface area contributed by atoms with Crippen molar-refractivity contribution in [2.75, 3.05) is 31.1 Å². The van der Waals surface area contributed by atoms with Crippen LogP contribution in [0, 0.1) is 13.8 Å². The molecule has 0 aromatic heterocycles. The third kappa shape index (κ3) is 4.48. The summed E-state index contributed by atoms with van der Waals surface area (Å²) >= 11 is 0. The smallest absolute Gasteiger partial charge is 0.251 e. The van der Waals surface area contributed by atoms with E-state index in [0.717, 1.165) is 18.7 Å². The average Bonchev–Trinajstić information content (AvgIpc) is 2.68. The summed E-state index contributed by atoms with van der Waals surface area (Å²) in [6.45, 7) is 8.73. The molecule has 3 rings (SSSR count). The van der Waals surface area contributed by atoms with Crippen molar-refractivity contribution in [3.8, 4) is 0 Å². The molecule has 1 aliphatic rings. The van der Waals surface area contributed by atoms with Gasteiger partial charge < -0.3 is 15.1 Å². The summed E-state index contributed by atoms with van der Waals surface area (Å²) in [5.74, 6) is -0.237. The van der Waals surface area contributed by atoms with Gasteiger partial charge in [0.15, 0.2) is 0 Å². The standard InChI is InChI=1S/C22H27N3O2/c1-16-7-6-9-19(15-16)21(26)23-18(3)22(27)25-13-11-24(12-14-25)20-10-5-4-8-17(20)2/h4-10,15,18H,11-14H2,1-3H3,(H,23,26). The number of hydrogen-bond donors (Lipinski definition) is 1. The molecule has 1 fully saturated rings. The van der Waals surface area contributed by atoms with Gasteiger partial charge in [0.25, 0.3) is 5.91 Å². The highest BCUT2D eigenvalue weighted by Gasteiger charge is 2.26. The number of piperazine rings is 1. The summed E-state index contributed by atoms with van der Waals surface area (Å²) < 4.78 is 0. The highest BCUT2D eigenvalue weighted by molar-refractivity contribution is 5.97. The van der Waals surface area contributed by atoms with Gasteiger partial charge in [-0.3, -0.25) is 9.59 Å². The highest BCUT2D eigenvalue weighted by atomic mass is 16.2. The van der Waals surface area contributed by atoms with Crippen LogP contribution >= 0.6 is 0 Å². The van der Waals surface area contributed by atoms with Crippen molar-refractivity contribution in [3.05, 3.63) is 65.2 Å². The summed E-state index contributed by atoms with van der Waals surface area (Å²) in [5.41, 5.74) is 4.08. The maximum absolute atomic E-state index is 12.7. The number of carbonyl (C=O) groups is 2. The van der Waals surface area contributed by atoms with Crippen molar-refractivity contribution in [2.24, 2.45) is 0 Å². The Balaban J connectivity index is 1.55. The molecule has 27 heavy (non-hydrogen) atoms. The van der Waals surface area contributed by atoms with Gasteiger partial charge in [-0.2, -0.15) is 0 Å². The molecule has 1 atom stereocenters. The average molecular weight is 365 g/mol. The molecule has 5 nitrogen and oxygen atoms in total. The van der Waals surface area contributed by atoms with Gasteiger partial charge in [-0.1, -0.05) is 35.9 Å². The van der Waals surface area contributed by atoms with Crippen LogP contribution in [0.15, 0.2) is 48.5 Å². The Kier molecular flexibility index (Phi) is 5.79. The van der Waals surface area contributed by atoms with E-state index in [0.29, 0.717) is 18.7 Å². The second-order valence-corrected chi connectivity index (χ2v) is 7.16. The monoisotopic (exact) mass is 365 g/mol. The molecular weight excluding hydrogens is 338 g/mol. The van der Waals surface area contributed by atoms with E-state index in [4.69, 9.17) is 0 Å². The van der Waals surface area contributed by atoms with E-state index < -0.39 is 6.04 Å². The Morgan fingerprint density at radius 1 is 0.963 bits per heavy atom. The van der Waals surface area contributed by atoms with Crippen molar-refractivity contribution < 1.29 is 9.59 Å². The molecule has 142 valence electrons. The second-order valence-electron chi connectivity index (χ2n) is 7.16. The minimum absolute atomic E-state index is 0.0274. The van der Waals surface area contributed by atoms with Crippen LogP contribution in [0.25, 0.3) is 0 Å². The predicted octanol–water partition coefficient (Wildman–Crippen LogP) is 2.77. The molecule has 1 saturated heterocycles. The number of aryl methyl sites for hydroxylation is 2. The number of carbonyl (C=O) groups excluding carboxylic acids is 2. The first-order valence-corrected chi connectivity index (χ1v) is 9.42.